The first kappa shape index (κ1) is 23.4. The number of rotatable bonds is 10. The molecule has 1 aromatic carbocycles. The number of hydrogen-bond acceptors (Lipinski definition) is 4. The number of carbonyl (C=O) groups is 2. The van der Waals surface area contributed by atoms with Gasteiger partial charge in [0.25, 0.3) is 0 Å². The number of carboxylic acid groups (broad SMARTS) is 1. The molecule has 0 aliphatic heterocycles. The lowest BCUT2D eigenvalue weighted by molar-refractivity contribution is -0.137. The summed E-state index contributed by atoms with van der Waals surface area (Å²) in [5.41, 5.74) is 1.26. The largest absolute Gasteiger partial charge is 0.481 e. The van der Waals surface area contributed by atoms with E-state index in [4.69, 9.17) is 33.0 Å². The molecular weight excluding hydrogens is 391 g/mol. The predicted octanol–water partition coefficient (Wildman–Crippen LogP) is 3.88. The van der Waals surface area contributed by atoms with E-state index >= 15 is 0 Å². The number of hydrogen-bond donors (Lipinski definition) is 2. The van der Waals surface area contributed by atoms with E-state index in [-0.39, 0.29) is 6.42 Å². The zero-order chi connectivity index (χ0) is 20.4. The van der Waals surface area contributed by atoms with E-state index in [0.29, 0.717) is 31.3 Å². The van der Waals surface area contributed by atoms with Gasteiger partial charge in [-0.1, -0.05) is 12.1 Å². The van der Waals surface area contributed by atoms with Crippen LogP contribution in [0.5, 0.6) is 0 Å². The Labute approximate surface area is 170 Å². The van der Waals surface area contributed by atoms with E-state index in [1.807, 2.05) is 24.3 Å². The summed E-state index contributed by atoms with van der Waals surface area (Å²) in [6, 6.07) is 7.15. The summed E-state index contributed by atoms with van der Waals surface area (Å²) in [6.45, 7) is 6.64. The Morgan fingerprint density at radius 2 is 1.70 bits per heavy atom. The van der Waals surface area contributed by atoms with Crippen LogP contribution in [-0.4, -0.2) is 53.7 Å². The molecule has 2 N–H and O–H groups in total. The van der Waals surface area contributed by atoms with Crippen LogP contribution in [0.2, 0.25) is 0 Å². The van der Waals surface area contributed by atoms with Crippen molar-refractivity contribution >= 4 is 41.0 Å². The van der Waals surface area contributed by atoms with Crippen LogP contribution in [0.25, 0.3) is 0 Å². The van der Waals surface area contributed by atoms with Crippen molar-refractivity contribution in [2.75, 3.05) is 29.7 Å². The molecule has 8 heteroatoms. The molecule has 1 aromatic rings. The monoisotopic (exact) mass is 418 g/mol. The summed E-state index contributed by atoms with van der Waals surface area (Å²) in [4.78, 5) is 25.2. The Hall–Kier alpha value is -1.66. The molecule has 1 amide bonds. The van der Waals surface area contributed by atoms with Gasteiger partial charge in [0.05, 0.1) is 6.42 Å². The molecule has 0 aliphatic carbocycles. The first-order chi connectivity index (χ1) is 12.6. The van der Waals surface area contributed by atoms with Gasteiger partial charge in [-0.15, -0.1) is 23.2 Å². The Kier molecular flexibility index (Phi) is 9.74. The Morgan fingerprint density at radius 1 is 1.15 bits per heavy atom. The summed E-state index contributed by atoms with van der Waals surface area (Å²) < 4.78 is 5.22. The quantitative estimate of drug-likeness (QED) is 0.563. The fourth-order valence-electron chi connectivity index (χ4n) is 2.56. The summed E-state index contributed by atoms with van der Waals surface area (Å²) in [5, 5.41) is 11.8. The molecule has 0 aromatic heterocycles. The maximum atomic E-state index is 12.0. The number of amides is 1. The highest BCUT2D eigenvalue weighted by atomic mass is 35.5. The smallest absolute Gasteiger partial charge is 0.407 e. The second kappa shape index (κ2) is 11.2. The number of alkyl halides is 2. The minimum absolute atomic E-state index is 0.189. The fraction of sp³-hybridized carbons (Fsp3) is 0.579. The number of nitrogens with zero attached hydrogens (tertiary/aromatic N) is 1. The molecule has 27 heavy (non-hydrogen) atoms. The molecule has 0 unspecified atom stereocenters. The summed E-state index contributed by atoms with van der Waals surface area (Å²) in [6.07, 6.45) is -0.427. The molecule has 0 aliphatic rings. The summed E-state index contributed by atoms with van der Waals surface area (Å²) >= 11 is 11.7. The fourth-order valence-corrected chi connectivity index (χ4v) is 2.97. The van der Waals surface area contributed by atoms with E-state index in [2.05, 4.69) is 10.2 Å². The Balaban J connectivity index is 2.79. The van der Waals surface area contributed by atoms with E-state index in [1.165, 1.54) is 0 Å². The van der Waals surface area contributed by atoms with Crippen molar-refractivity contribution in [1.82, 2.24) is 5.32 Å². The third-order valence-corrected chi connectivity index (χ3v) is 3.97. The van der Waals surface area contributed by atoms with Crippen LogP contribution in [-0.2, 0) is 16.0 Å². The molecule has 6 nitrogen and oxygen atoms in total. The predicted molar refractivity (Wildman–Crippen MR) is 109 cm³/mol. The summed E-state index contributed by atoms with van der Waals surface area (Å²) in [7, 11) is 0. The average molecular weight is 419 g/mol. The first-order valence-corrected chi connectivity index (χ1v) is 9.88. The van der Waals surface area contributed by atoms with Crippen LogP contribution in [0.15, 0.2) is 24.3 Å². The molecule has 0 saturated heterocycles. The van der Waals surface area contributed by atoms with Gasteiger partial charge in [-0.2, -0.15) is 0 Å². The maximum Gasteiger partial charge on any atom is 0.407 e. The third kappa shape index (κ3) is 9.73. The number of carboxylic acids is 1. The Bertz CT molecular complexity index is 597. The minimum Gasteiger partial charge on any atom is -0.481 e. The average Bonchev–Trinajstić information content (AvgIpc) is 2.53. The summed E-state index contributed by atoms with van der Waals surface area (Å²) in [5.74, 6) is 0.0150. The molecule has 1 atom stereocenters. The zero-order valence-corrected chi connectivity index (χ0v) is 17.5. The normalized spacial score (nSPS) is 12.3. The number of benzene rings is 1. The van der Waals surface area contributed by atoms with Crippen LogP contribution in [0, 0.1) is 0 Å². The molecule has 0 heterocycles. The number of alkyl carbamates (subject to hydrolysis) is 1. The zero-order valence-electron chi connectivity index (χ0n) is 16.0. The van der Waals surface area contributed by atoms with E-state index in [0.717, 1.165) is 11.3 Å². The van der Waals surface area contributed by atoms with Crippen LogP contribution in [0.4, 0.5) is 10.5 Å². The highest BCUT2D eigenvalue weighted by molar-refractivity contribution is 6.18. The molecular formula is C19H28Cl2N2O4. The number of ether oxygens (including phenoxy) is 1. The standard InChI is InChI=1S/C19H28Cl2N2O4/c1-19(2,3)27-18(26)22-15(13-17(24)25)12-14-4-6-16(7-5-14)23(10-8-20)11-9-21/h4-7,15H,8-13H2,1-3H3,(H,22,26)(H,24,25)/t15-/m0/s1. The van der Waals surface area contributed by atoms with E-state index in [1.54, 1.807) is 20.8 Å². The van der Waals surface area contributed by atoms with Gasteiger partial charge in [-0.3, -0.25) is 4.79 Å². The highest BCUT2D eigenvalue weighted by Crippen LogP contribution is 2.17. The van der Waals surface area contributed by atoms with Gasteiger partial charge in [0.1, 0.15) is 5.60 Å². The van der Waals surface area contributed by atoms with Crippen LogP contribution in [0.3, 0.4) is 0 Å². The highest BCUT2D eigenvalue weighted by Gasteiger charge is 2.21. The number of aliphatic carboxylic acids is 1. The molecule has 0 spiro atoms. The van der Waals surface area contributed by atoms with Crippen molar-refractivity contribution in [3.8, 4) is 0 Å². The van der Waals surface area contributed by atoms with Gasteiger partial charge in [0.15, 0.2) is 0 Å². The molecule has 0 saturated carbocycles. The van der Waals surface area contributed by atoms with Crippen molar-refractivity contribution in [2.45, 2.75) is 45.3 Å². The molecule has 0 bridgehead atoms. The first-order valence-electron chi connectivity index (χ1n) is 8.81. The van der Waals surface area contributed by atoms with Gasteiger partial charge in [0, 0.05) is 36.6 Å². The molecule has 0 fully saturated rings. The lowest BCUT2D eigenvalue weighted by Gasteiger charge is -2.24. The van der Waals surface area contributed by atoms with Crippen molar-refractivity contribution < 1.29 is 19.4 Å². The number of carbonyl (C=O) groups excluding carboxylic acids is 1. The van der Waals surface area contributed by atoms with Crippen molar-refractivity contribution in [1.29, 1.82) is 0 Å². The number of nitrogens with one attached hydrogen (secondary N) is 1. The van der Waals surface area contributed by atoms with Gasteiger partial charge < -0.3 is 20.1 Å². The molecule has 1 rings (SSSR count). The number of anilines is 1. The second-order valence-electron chi connectivity index (χ2n) is 7.18. The minimum atomic E-state index is -0.983. The van der Waals surface area contributed by atoms with E-state index in [9.17, 15) is 9.59 Å². The maximum absolute atomic E-state index is 12.0. The lowest BCUT2D eigenvalue weighted by atomic mass is 10.0. The van der Waals surface area contributed by atoms with Crippen molar-refractivity contribution in [2.24, 2.45) is 0 Å². The van der Waals surface area contributed by atoms with Gasteiger partial charge in [-0.05, 0) is 44.9 Å². The van der Waals surface area contributed by atoms with Crippen LogP contribution < -0.4 is 10.2 Å². The van der Waals surface area contributed by atoms with Crippen molar-refractivity contribution in [3.63, 3.8) is 0 Å². The SMILES string of the molecule is CC(C)(C)OC(=O)N[C@H](CC(=O)O)Cc1ccc(N(CCCl)CCCl)cc1. The van der Waals surface area contributed by atoms with Gasteiger partial charge in [-0.25, -0.2) is 4.79 Å². The topological polar surface area (TPSA) is 78.9 Å². The van der Waals surface area contributed by atoms with Crippen LogP contribution in [0.1, 0.15) is 32.8 Å². The lowest BCUT2D eigenvalue weighted by Crippen LogP contribution is -2.41. The van der Waals surface area contributed by atoms with Crippen LogP contribution >= 0.6 is 23.2 Å². The van der Waals surface area contributed by atoms with Gasteiger partial charge in [0.2, 0.25) is 0 Å². The third-order valence-electron chi connectivity index (χ3n) is 3.63. The van der Waals surface area contributed by atoms with Crippen molar-refractivity contribution in [3.05, 3.63) is 29.8 Å². The van der Waals surface area contributed by atoms with Gasteiger partial charge >= 0.3 is 12.1 Å². The second-order valence-corrected chi connectivity index (χ2v) is 7.93. The number of halogens is 2. The Morgan fingerprint density at radius 3 is 2.15 bits per heavy atom. The molecule has 0 radical (unpaired) electrons. The molecule has 152 valence electrons. The van der Waals surface area contributed by atoms with E-state index < -0.39 is 23.7 Å².